The molecular weight excluding hydrogens is 266 g/mol. The Bertz CT molecular complexity index is 592. The Labute approximate surface area is 116 Å². The number of hydrogen-bond donors (Lipinski definition) is 1. The molecule has 0 unspecified atom stereocenters. The first-order valence-electron chi connectivity index (χ1n) is 6.17. The quantitative estimate of drug-likeness (QED) is 0.654. The Kier molecular flexibility index (Phi) is 4.58. The number of nitrogens with zero attached hydrogens (tertiary/aromatic N) is 1. The minimum atomic E-state index is -0.0595. The maximum atomic E-state index is 11.2. The van der Waals surface area contributed by atoms with E-state index >= 15 is 0 Å². The van der Waals surface area contributed by atoms with Crippen molar-refractivity contribution in [3.05, 3.63) is 34.5 Å². The Hall–Kier alpha value is -1.36. The van der Waals surface area contributed by atoms with Crippen LogP contribution >= 0.6 is 11.6 Å². The zero-order valence-corrected chi connectivity index (χ0v) is 11.5. The molecule has 0 aliphatic carbocycles. The first kappa shape index (κ1) is 14.1. The molecule has 0 aliphatic rings. The maximum Gasteiger partial charge on any atom is 0.153 e. The largest absolute Gasteiger partial charge is 0.392 e. The molecule has 1 aromatic heterocycles. The average molecular weight is 282 g/mol. The number of aliphatic hydroxyl groups excluding tert-OH is 1. The normalized spacial score (nSPS) is 11.1. The van der Waals surface area contributed by atoms with E-state index < -0.39 is 0 Å². The van der Waals surface area contributed by atoms with E-state index in [0.717, 1.165) is 22.8 Å². The highest BCUT2D eigenvalue weighted by molar-refractivity contribution is 6.34. The minimum Gasteiger partial charge on any atom is -0.392 e. The van der Waals surface area contributed by atoms with Crippen LogP contribution in [0.4, 0.5) is 0 Å². The van der Waals surface area contributed by atoms with E-state index in [1.54, 1.807) is 6.07 Å². The number of fused-ring (bicyclic) bond motifs is 1. The van der Waals surface area contributed by atoms with E-state index in [2.05, 4.69) is 0 Å². The molecule has 1 heterocycles. The van der Waals surface area contributed by atoms with Crippen LogP contribution in [0.25, 0.3) is 10.9 Å². The highest BCUT2D eigenvalue weighted by Crippen LogP contribution is 2.29. The predicted octanol–water partition coefficient (Wildman–Crippen LogP) is 2.64. The molecule has 0 spiro atoms. The summed E-state index contributed by atoms with van der Waals surface area (Å²) in [5, 5.41) is 10.3. The van der Waals surface area contributed by atoms with E-state index in [1.165, 1.54) is 0 Å². The molecule has 5 heteroatoms. The summed E-state index contributed by atoms with van der Waals surface area (Å²) in [6, 6.07) is 5.48. The first-order valence-corrected chi connectivity index (χ1v) is 6.55. The number of aliphatic hydroxyl groups is 1. The van der Waals surface area contributed by atoms with Crippen molar-refractivity contribution in [3.63, 3.8) is 0 Å². The number of carbonyl (C=O) groups is 1. The molecule has 2 rings (SSSR count). The molecule has 0 fully saturated rings. The van der Waals surface area contributed by atoms with Gasteiger partial charge in [-0.25, -0.2) is 0 Å². The third-order valence-corrected chi connectivity index (χ3v) is 3.47. The van der Waals surface area contributed by atoms with Crippen molar-refractivity contribution in [3.8, 4) is 0 Å². The minimum absolute atomic E-state index is 0.0595. The summed E-state index contributed by atoms with van der Waals surface area (Å²) >= 11 is 6.24. The van der Waals surface area contributed by atoms with Gasteiger partial charge in [0.25, 0.3) is 0 Å². The molecule has 0 saturated carbocycles. The molecule has 0 saturated heterocycles. The van der Waals surface area contributed by atoms with Gasteiger partial charge in [0, 0.05) is 18.5 Å². The summed E-state index contributed by atoms with van der Waals surface area (Å²) in [6.45, 7) is 3.65. The van der Waals surface area contributed by atoms with Gasteiger partial charge in [-0.05, 0) is 24.6 Å². The molecule has 0 aliphatic heterocycles. The summed E-state index contributed by atoms with van der Waals surface area (Å²) in [5.41, 5.74) is 2.10. The highest BCUT2D eigenvalue weighted by atomic mass is 35.5. The lowest BCUT2D eigenvalue weighted by atomic mass is 10.1. The van der Waals surface area contributed by atoms with Gasteiger partial charge < -0.3 is 14.4 Å². The van der Waals surface area contributed by atoms with Gasteiger partial charge in [0.15, 0.2) is 6.29 Å². The van der Waals surface area contributed by atoms with Gasteiger partial charge in [0.2, 0.25) is 0 Å². The Morgan fingerprint density at radius 3 is 2.89 bits per heavy atom. The summed E-state index contributed by atoms with van der Waals surface area (Å²) in [6.07, 6.45) is 0.753. The van der Waals surface area contributed by atoms with Crippen molar-refractivity contribution >= 4 is 28.8 Å². The van der Waals surface area contributed by atoms with Gasteiger partial charge in [-0.3, -0.25) is 4.79 Å². The average Bonchev–Trinajstić information content (AvgIpc) is 2.70. The van der Waals surface area contributed by atoms with Crippen LogP contribution in [0.15, 0.2) is 18.2 Å². The number of aromatic nitrogens is 1. The fourth-order valence-corrected chi connectivity index (χ4v) is 2.45. The number of benzene rings is 1. The smallest absolute Gasteiger partial charge is 0.153 e. The molecule has 4 nitrogen and oxygen atoms in total. The molecule has 0 atom stereocenters. The number of halogens is 1. The second-order valence-electron chi connectivity index (χ2n) is 4.18. The van der Waals surface area contributed by atoms with Gasteiger partial charge in [-0.1, -0.05) is 17.7 Å². The molecule has 0 bridgehead atoms. The van der Waals surface area contributed by atoms with E-state index in [9.17, 15) is 4.79 Å². The monoisotopic (exact) mass is 281 g/mol. The van der Waals surface area contributed by atoms with E-state index in [0.29, 0.717) is 30.5 Å². The molecule has 102 valence electrons. The van der Waals surface area contributed by atoms with E-state index in [1.807, 2.05) is 23.6 Å². The van der Waals surface area contributed by atoms with Gasteiger partial charge in [-0.15, -0.1) is 0 Å². The van der Waals surface area contributed by atoms with Gasteiger partial charge >= 0.3 is 0 Å². The number of carbonyl (C=O) groups excluding carboxylic acids is 1. The molecular formula is C14H16ClNO3. The van der Waals surface area contributed by atoms with Crippen LogP contribution < -0.4 is 0 Å². The van der Waals surface area contributed by atoms with Gasteiger partial charge in [-0.2, -0.15) is 0 Å². The summed E-state index contributed by atoms with van der Waals surface area (Å²) in [5.74, 6) is 0. The van der Waals surface area contributed by atoms with Crippen molar-refractivity contribution in [1.29, 1.82) is 0 Å². The van der Waals surface area contributed by atoms with Crippen LogP contribution in [0, 0.1) is 0 Å². The lowest BCUT2D eigenvalue weighted by Crippen LogP contribution is -2.05. The van der Waals surface area contributed by atoms with Crippen LogP contribution in [0.2, 0.25) is 5.15 Å². The highest BCUT2D eigenvalue weighted by Gasteiger charge is 2.15. The number of aldehydes is 1. The summed E-state index contributed by atoms with van der Waals surface area (Å²) < 4.78 is 7.18. The molecule has 2 aromatic rings. The Morgan fingerprint density at radius 1 is 1.47 bits per heavy atom. The van der Waals surface area contributed by atoms with Crippen LogP contribution in [0.3, 0.4) is 0 Å². The fourth-order valence-electron chi connectivity index (χ4n) is 2.13. The van der Waals surface area contributed by atoms with E-state index in [-0.39, 0.29) is 6.61 Å². The van der Waals surface area contributed by atoms with Gasteiger partial charge in [0.05, 0.1) is 24.3 Å². The molecule has 19 heavy (non-hydrogen) atoms. The van der Waals surface area contributed by atoms with Crippen LogP contribution in [0.1, 0.15) is 22.8 Å². The SMILES string of the molecule is CCOCCn1c(Cl)c(C=O)c2cc(CO)ccc21. The second-order valence-corrected chi connectivity index (χ2v) is 4.54. The Morgan fingerprint density at radius 2 is 2.26 bits per heavy atom. The maximum absolute atomic E-state index is 11.2. The van der Waals surface area contributed by atoms with Crippen LogP contribution in [-0.4, -0.2) is 29.2 Å². The number of ether oxygens (including phenoxy) is 1. The molecule has 1 aromatic carbocycles. The van der Waals surface area contributed by atoms with E-state index in [4.69, 9.17) is 21.4 Å². The molecule has 0 amide bonds. The van der Waals surface area contributed by atoms with Crippen molar-refractivity contribution in [2.75, 3.05) is 13.2 Å². The second kappa shape index (κ2) is 6.19. The lowest BCUT2D eigenvalue weighted by Gasteiger charge is -2.07. The lowest BCUT2D eigenvalue weighted by molar-refractivity contribution is 0.112. The van der Waals surface area contributed by atoms with Crippen molar-refractivity contribution in [1.82, 2.24) is 4.57 Å². The van der Waals surface area contributed by atoms with Gasteiger partial charge in [0.1, 0.15) is 5.15 Å². The predicted molar refractivity (Wildman–Crippen MR) is 74.8 cm³/mol. The third-order valence-electron chi connectivity index (χ3n) is 3.06. The Balaban J connectivity index is 2.51. The molecule has 0 radical (unpaired) electrons. The topological polar surface area (TPSA) is 51.5 Å². The third kappa shape index (κ3) is 2.66. The first-order chi connectivity index (χ1) is 9.22. The summed E-state index contributed by atoms with van der Waals surface area (Å²) in [4.78, 5) is 11.2. The summed E-state index contributed by atoms with van der Waals surface area (Å²) in [7, 11) is 0. The van der Waals surface area contributed by atoms with Crippen molar-refractivity contribution in [2.24, 2.45) is 0 Å². The zero-order valence-electron chi connectivity index (χ0n) is 10.7. The number of hydrogen-bond acceptors (Lipinski definition) is 3. The number of rotatable bonds is 6. The van der Waals surface area contributed by atoms with Crippen LogP contribution in [-0.2, 0) is 17.9 Å². The van der Waals surface area contributed by atoms with Crippen LogP contribution in [0.5, 0.6) is 0 Å². The fraction of sp³-hybridized carbons (Fsp3) is 0.357. The zero-order chi connectivity index (χ0) is 13.8. The standard InChI is InChI=1S/C14H16ClNO3/c1-2-19-6-5-16-13-4-3-10(8-17)7-11(13)12(9-18)14(16)15/h3-4,7,9,17H,2,5-6,8H2,1H3. The van der Waals surface area contributed by atoms with Crippen molar-refractivity contribution < 1.29 is 14.6 Å². The molecule has 1 N–H and O–H groups in total. The van der Waals surface area contributed by atoms with Crippen molar-refractivity contribution in [2.45, 2.75) is 20.1 Å².